The van der Waals surface area contributed by atoms with Gasteiger partial charge < -0.3 is 10.2 Å². The second-order valence-electron chi connectivity index (χ2n) is 4.91. The van der Waals surface area contributed by atoms with E-state index < -0.39 is 17.5 Å². The van der Waals surface area contributed by atoms with Gasteiger partial charge in [0.25, 0.3) is 0 Å². The molecule has 0 fully saturated rings. The van der Waals surface area contributed by atoms with Crippen molar-refractivity contribution in [1.82, 2.24) is 0 Å². The minimum atomic E-state index is -1.67. The lowest BCUT2D eigenvalue weighted by Gasteiger charge is -2.19. The summed E-state index contributed by atoms with van der Waals surface area (Å²) in [4.78, 5) is 22.9. The summed E-state index contributed by atoms with van der Waals surface area (Å²) < 4.78 is 0. The number of hydrogen-bond donors (Lipinski definition) is 2. The number of ketones is 1. The summed E-state index contributed by atoms with van der Waals surface area (Å²) in [5.41, 5.74) is -0.219. The van der Waals surface area contributed by atoms with E-state index in [0.29, 0.717) is 0 Å². The van der Waals surface area contributed by atoms with Gasteiger partial charge in [-0.2, -0.15) is 0 Å². The molecule has 1 atom stereocenters. The Labute approximate surface area is 99.9 Å². The Bertz CT molecular complexity index is 443. The summed E-state index contributed by atoms with van der Waals surface area (Å²) in [5.74, 6) is -1.55. The van der Waals surface area contributed by atoms with Gasteiger partial charge in [-0.25, -0.2) is 4.79 Å². The van der Waals surface area contributed by atoms with Crippen LogP contribution in [0.2, 0.25) is 0 Å². The fraction of sp³-hybridized carbons (Fsp3) is 0.385. The van der Waals surface area contributed by atoms with Crippen LogP contribution < -0.4 is 0 Å². The Morgan fingerprint density at radius 3 is 2.18 bits per heavy atom. The second kappa shape index (κ2) is 4.67. The molecule has 2 N–H and O–H groups in total. The van der Waals surface area contributed by atoms with Crippen molar-refractivity contribution in [2.75, 3.05) is 0 Å². The molecule has 17 heavy (non-hydrogen) atoms. The highest BCUT2D eigenvalue weighted by molar-refractivity contribution is 6.02. The lowest BCUT2D eigenvalue weighted by molar-refractivity contribution is -0.146. The molecule has 0 amide bonds. The Kier molecular flexibility index (Phi) is 3.68. The first kappa shape index (κ1) is 13.4. The standard InChI is InChI=1S/C13H16O4/c1-13(2,3)11(15)9-7-5-4-6-8(9)10(14)12(16)17/h4-7,10,14H,1-3H3,(H,16,17). The van der Waals surface area contributed by atoms with Crippen LogP contribution in [0, 0.1) is 5.41 Å². The molecule has 1 aromatic carbocycles. The molecule has 1 unspecified atom stereocenters. The summed E-state index contributed by atoms with van der Waals surface area (Å²) in [6, 6.07) is 6.24. The van der Waals surface area contributed by atoms with E-state index in [2.05, 4.69) is 0 Å². The fourth-order valence-corrected chi connectivity index (χ4v) is 1.48. The zero-order chi connectivity index (χ0) is 13.2. The molecule has 92 valence electrons. The number of carbonyl (C=O) groups excluding carboxylic acids is 1. The van der Waals surface area contributed by atoms with E-state index in [0.717, 1.165) is 0 Å². The summed E-state index contributed by atoms with van der Waals surface area (Å²) in [5, 5.41) is 18.3. The van der Waals surface area contributed by atoms with Crippen LogP contribution in [0.15, 0.2) is 24.3 Å². The van der Waals surface area contributed by atoms with Crippen molar-refractivity contribution in [2.24, 2.45) is 5.41 Å². The molecule has 0 aliphatic rings. The molecule has 0 aliphatic carbocycles. The van der Waals surface area contributed by atoms with E-state index in [4.69, 9.17) is 5.11 Å². The molecule has 0 heterocycles. The fourth-order valence-electron chi connectivity index (χ4n) is 1.48. The van der Waals surface area contributed by atoms with Gasteiger partial charge in [0, 0.05) is 16.5 Å². The average Bonchev–Trinajstić information content (AvgIpc) is 2.25. The maximum Gasteiger partial charge on any atom is 0.337 e. The molecular formula is C13H16O4. The van der Waals surface area contributed by atoms with Gasteiger partial charge in [0.05, 0.1) is 0 Å². The number of carbonyl (C=O) groups is 2. The van der Waals surface area contributed by atoms with Crippen molar-refractivity contribution in [3.05, 3.63) is 35.4 Å². The number of carboxylic acid groups (broad SMARTS) is 1. The van der Waals surface area contributed by atoms with Crippen LogP contribution in [-0.4, -0.2) is 22.0 Å². The summed E-state index contributed by atoms with van der Waals surface area (Å²) in [6.07, 6.45) is -1.67. The zero-order valence-electron chi connectivity index (χ0n) is 10.1. The van der Waals surface area contributed by atoms with Crippen LogP contribution in [0.5, 0.6) is 0 Å². The molecule has 0 aromatic heterocycles. The molecule has 1 rings (SSSR count). The number of rotatable bonds is 3. The number of aliphatic hydroxyl groups excluding tert-OH is 1. The Hall–Kier alpha value is -1.68. The van der Waals surface area contributed by atoms with Crippen molar-refractivity contribution in [3.63, 3.8) is 0 Å². The normalized spacial score (nSPS) is 13.2. The predicted molar refractivity (Wildman–Crippen MR) is 62.8 cm³/mol. The third kappa shape index (κ3) is 2.91. The van der Waals surface area contributed by atoms with Crippen molar-refractivity contribution < 1.29 is 19.8 Å². The molecule has 0 saturated heterocycles. The largest absolute Gasteiger partial charge is 0.479 e. The van der Waals surface area contributed by atoms with E-state index in [9.17, 15) is 14.7 Å². The number of hydrogen-bond acceptors (Lipinski definition) is 3. The molecule has 4 heteroatoms. The Morgan fingerprint density at radius 1 is 1.18 bits per heavy atom. The van der Waals surface area contributed by atoms with Gasteiger partial charge in [0.15, 0.2) is 11.9 Å². The van der Waals surface area contributed by atoms with Crippen LogP contribution in [-0.2, 0) is 4.79 Å². The van der Waals surface area contributed by atoms with Gasteiger partial charge in [-0.05, 0) is 0 Å². The van der Waals surface area contributed by atoms with E-state index in [-0.39, 0.29) is 16.9 Å². The first-order valence-corrected chi connectivity index (χ1v) is 5.29. The third-order valence-electron chi connectivity index (χ3n) is 2.42. The Morgan fingerprint density at radius 2 is 1.71 bits per heavy atom. The van der Waals surface area contributed by atoms with Gasteiger partial charge >= 0.3 is 5.97 Å². The van der Waals surface area contributed by atoms with E-state index in [1.54, 1.807) is 32.9 Å². The summed E-state index contributed by atoms with van der Waals surface area (Å²) in [6.45, 7) is 5.25. The Balaban J connectivity index is 3.26. The quantitative estimate of drug-likeness (QED) is 0.787. The average molecular weight is 236 g/mol. The first-order valence-electron chi connectivity index (χ1n) is 5.29. The number of aliphatic carboxylic acids is 1. The van der Waals surface area contributed by atoms with Gasteiger partial charge in [-0.15, -0.1) is 0 Å². The van der Waals surface area contributed by atoms with Crippen LogP contribution in [0.25, 0.3) is 0 Å². The molecule has 0 saturated carbocycles. The molecule has 0 spiro atoms. The van der Waals surface area contributed by atoms with Gasteiger partial charge in [-0.1, -0.05) is 45.0 Å². The molecule has 0 aliphatic heterocycles. The molecular weight excluding hydrogens is 220 g/mol. The van der Waals surface area contributed by atoms with Crippen LogP contribution in [0.1, 0.15) is 42.8 Å². The predicted octanol–water partition coefficient (Wildman–Crippen LogP) is 2.03. The van der Waals surface area contributed by atoms with E-state index in [1.165, 1.54) is 12.1 Å². The van der Waals surface area contributed by atoms with Crippen molar-refractivity contribution in [3.8, 4) is 0 Å². The first-order chi connectivity index (χ1) is 7.75. The molecule has 0 radical (unpaired) electrons. The number of carboxylic acids is 1. The van der Waals surface area contributed by atoms with Crippen molar-refractivity contribution in [1.29, 1.82) is 0 Å². The summed E-state index contributed by atoms with van der Waals surface area (Å²) in [7, 11) is 0. The highest BCUT2D eigenvalue weighted by Crippen LogP contribution is 2.26. The lowest BCUT2D eigenvalue weighted by atomic mass is 9.84. The van der Waals surface area contributed by atoms with Gasteiger partial charge in [0.1, 0.15) is 0 Å². The lowest BCUT2D eigenvalue weighted by Crippen LogP contribution is -2.23. The summed E-state index contributed by atoms with van der Waals surface area (Å²) >= 11 is 0. The second-order valence-corrected chi connectivity index (χ2v) is 4.91. The van der Waals surface area contributed by atoms with Crippen LogP contribution in [0.4, 0.5) is 0 Å². The monoisotopic (exact) mass is 236 g/mol. The van der Waals surface area contributed by atoms with Crippen molar-refractivity contribution >= 4 is 11.8 Å². The molecule has 4 nitrogen and oxygen atoms in total. The third-order valence-corrected chi connectivity index (χ3v) is 2.42. The number of benzene rings is 1. The SMILES string of the molecule is CC(C)(C)C(=O)c1ccccc1C(O)C(=O)O. The zero-order valence-corrected chi connectivity index (χ0v) is 10.1. The van der Waals surface area contributed by atoms with Crippen LogP contribution in [0.3, 0.4) is 0 Å². The number of Topliss-reactive ketones (excluding diaryl/α,β-unsaturated/α-hetero) is 1. The highest BCUT2D eigenvalue weighted by atomic mass is 16.4. The van der Waals surface area contributed by atoms with E-state index in [1.807, 2.05) is 0 Å². The topological polar surface area (TPSA) is 74.6 Å². The molecule has 0 bridgehead atoms. The smallest absolute Gasteiger partial charge is 0.337 e. The maximum absolute atomic E-state index is 12.1. The van der Waals surface area contributed by atoms with E-state index >= 15 is 0 Å². The van der Waals surface area contributed by atoms with Gasteiger partial charge in [0.2, 0.25) is 0 Å². The maximum atomic E-state index is 12.1. The molecule has 1 aromatic rings. The van der Waals surface area contributed by atoms with Crippen molar-refractivity contribution in [2.45, 2.75) is 26.9 Å². The minimum absolute atomic E-state index is 0.139. The van der Waals surface area contributed by atoms with Gasteiger partial charge in [-0.3, -0.25) is 4.79 Å². The minimum Gasteiger partial charge on any atom is -0.479 e. The number of aliphatic hydroxyl groups is 1. The van der Waals surface area contributed by atoms with Crippen LogP contribution >= 0.6 is 0 Å². The highest BCUT2D eigenvalue weighted by Gasteiger charge is 2.28.